The number of amides is 1. The van der Waals surface area contributed by atoms with Gasteiger partial charge in [0.1, 0.15) is 5.82 Å². The third-order valence-electron chi connectivity index (χ3n) is 5.26. The summed E-state index contributed by atoms with van der Waals surface area (Å²) in [5.74, 6) is 1.40. The normalized spacial score (nSPS) is 17.8. The second kappa shape index (κ2) is 6.36. The number of fused-ring (bicyclic) bond motifs is 1. The van der Waals surface area contributed by atoms with Gasteiger partial charge in [-0.05, 0) is 62.1 Å². The zero-order chi connectivity index (χ0) is 17.4. The molecule has 4 heteroatoms. The summed E-state index contributed by atoms with van der Waals surface area (Å²) < 4.78 is 0. The van der Waals surface area contributed by atoms with Crippen LogP contribution in [-0.4, -0.2) is 33.9 Å². The molecular weight excluding hydrogens is 310 g/mol. The summed E-state index contributed by atoms with van der Waals surface area (Å²) in [6.45, 7) is 5.68. The van der Waals surface area contributed by atoms with E-state index >= 15 is 0 Å². The van der Waals surface area contributed by atoms with E-state index in [0.29, 0.717) is 0 Å². The first-order valence-corrected chi connectivity index (χ1v) is 8.93. The largest absolute Gasteiger partial charge is 0.342 e. The molecule has 1 saturated heterocycles. The van der Waals surface area contributed by atoms with Gasteiger partial charge in [-0.3, -0.25) is 4.79 Å². The molecule has 1 aliphatic heterocycles. The average Bonchev–Trinajstić information content (AvgIpc) is 3.08. The number of imidazole rings is 1. The summed E-state index contributed by atoms with van der Waals surface area (Å²) in [4.78, 5) is 23.1. The molecule has 2 heterocycles. The molecule has 2 aromatic carbocycles. The van der Waals surface area contributed by atoms with Crippen molar-refractivity contribution < 1.29 is 4.79 Å². The standard InChI is InChI=1S/C21H23N3O/c1-14-9-10-16(12-15(14)2)21(25)24-11-5-6-17(13-24)20-22-18-7-3-4-8-19(18)23-20/h3-4,7-10,12,17H,5-6,11,13H2,1-2H3,(H,22,23)/t17-/m0/s1. The average molecular weight is 333 g/mol. The first-order chi connectivity index (χ1) is 12.1. The second-order valence-corrected chi connectivity index (χ2v) is 7.03. The highest BCUT2D eigenvalue weighted by Crippen LogP contribution is 2.27. The van der Waals surface area contributed by atoms with Crippen LogP contribution < -0.4 is 0 Å². The van der Waals surface area contributed by atoms with E-state index in [1.165, 1.54) is 5.56 Å². The number of likely N-dealkylation sites (tertiary alicyclic amines) is 1. The molecule has 4 rings (SSSR count). The van der Waals surface area contributed by atoms with Gasteiger partial charge in [-0.1, -0.05) is 18.2 Å². The molecule has 3 aromatic rings. The fourth-order valence-electron chi connectivity index (χ4n) is 3.61. The highest BCUT2D eigenvalue weighted by Gasteiger charge is 2.27. The lowest BCUT2D eigenvalue weighted by atomic mass is 9.96. The molecule has 128 valence electrons. The molecule has 0 aliphatic carbocycles. The van der Waals surface area contributed by atoms with Crippen molar-refractivity contribution in [3.05, 3.63) is 65.0 Å². The summed E-state index contributed by atoms with van der Waals surface area (Å²) in [6, 6.07) is 14.1. The van der Waals surface area contributed by atoms with E-state index in [1.54, 1.807) is 0 Å². The first kappa shape index (κ1) is 15.9. The molecule has 4 nitrogen and oxygen atoms in total. The fourth-order valence-corrected chi connectivity index (χ4v) is 3.61. The number of carbonyl (C=O) groups excluding carboxylic acids is 1. The van der Waals surface area contributed by atoms with Crippen LogP contribution in [0.25, 0.3) is 11.0 Å². The lowest BCUT2D eigenvalue weighted by Gasteiger charge is -2.32. The molecular formula is C21H23N3O. The van der Waals surface area contributed by atoms with Gasteiger partial charge in [0.05, 0.1) is 11.0 Å². The minimum atomic E-state index is 0.129. The van der Waals surface area contributed by atoms with Crippen LogP contribution in [0.3, 0.4) is 0 Å². The minimum Gasteiger partial charge on any atom is -0.342 e. The quantitative estimate of drug-likeness (QED) is 0.764. The van der Waals surface area contributed by atoms with Crippen molar-refractivity contribution in [1.82, 2.24) is 14.9 Å². The zero-order valence-corrected chi connectivity index (χ0v) is 14.7. The lowest BCUT2D eigenvalue weighted by molar-refractivity contribution is 0.0705. The number of rotatable bonds is 2. The van der Waals surface area contributed by atoms with Gasteiger partial charge < -0.3 is 9.88 Å². The Labute approximate surface area is 147 Å². The number of carbonyl (C=O) groups is 1. The van der Waals surface area contributed by atoms with Gasteiger partial charge in [0, 0.05) is 24.6 Å². The third-order valence-corrected chi connectivity index (χ3v) is 5.26. The van der Waals surface area contributed by atoms with Gasteiger partial charge in [-0.25, -0.2) is 4.98 Å². The Kier molecular flexibility index (Phi) is 4.04. The van der Waals surface area contributed by atoms with Crippen LogP contribution in [0.5, 0.6) is 0 Å². The van der Waals surface area contributed by atoms with Crippen molar-refractivity contribution in [1.29, 1.82) is 0 Å². The number of nitrogens with zero attached hydrogens (tertiary/aromatic N) is 2. The molecule has 1 amide bonds. The van der Waals surface area contributed by atoms with Crippen molar-refractivity contribution in [3.63, 3.8) is 0 Å². The van der Waals surface area contributed by atoms with E-state index in [1.807, 2.05) is 47.4 Å². The van der Waals surface area contributed by atoms with Crippen molar-refractivity contribution in [3.8, 4) is 0 Å². The molecule has 0 spiro atoms. The van der Waals surface area contributed by atoms with Crippen LogP contribution >= 0.6 is 0 Å². The minimum absolute atomic E-state index is 0.129. The van der Waals surface area contributed by atoms with Gasteiger partial charge in [0.2, 0.25) is 0 Å². The van der Waals surface area contributed by atoms with E-state index in [2.05, 4.69) is 18.8 Å². The van der Waals surface area contributed by atoms with Gasteiger partial charge in [0.15, 0.2) is 0 Å². The highest BCUT2D eigenvalue weighted by atomic mass is 16.2. The van der Waals surface area contributed by atoms with Crippen molar-refractivity contribution in [2.24, 2.45) is 0 Å². The number of aromatic nitrogens is 2. The van der Waals surface area contributed by atoms with Crippen molar-refractivity contribution in [2.45, 2.75) is 32.6 Å². The summed E-state index contributed by atoms with van der Waals surface area (Å²) in [7, 11) is 0. The van der Waals surface area contributed by atoms with E-state index < -0.39 is 0 Å². The predicted molar refractivity (Wildman–Crippen MR) is 99.9 cm³/mol. The number of H-pyrrole nitrogens is 1. The number of piperidine rings is 1. The fraction of sp³-hybridized carbons (Fsp3) is 0.333. The number of benzene rings is 2. The van der Waals surface area contributed by atoms with E-state index in [4.69, 9.17) is 4.98 Å². The van der Waals surface area contributed by atoms with Crippen LogP contribution in [0, 0.1) is 13.8 Å². The number of hydrogen-bond donors (Lipinski definition) is 1. The Hall–Kier alpha value is -2.62. The Balaban J connectivity index is 1.55. The number of hydrogen-bond acceptors (Lipinski definition) is 2. The van der Waals surface area contributed by atoms with Crippen molar-refractivity contribution >= 4 is 16.9 Å². The number of aryl methyl sites for hydroxylation is 2. The predicted octanol–water partition coefficient (Wildman–Crippen LogP) is 4.20. The van der Waals surface area contributed by atoms with Crippen LogP contribution in [0.1, 0.15) is 46.1 Å². The van der Waals surface area contributed by atoms with Gasteiger partial charge >= 0.3 is 0 Å². The summed E-state index contributed by atoms with van der Waals surface area (Å²) >= 11 is 0. The molecule has 0 saturated carbocycles. The summed E-state index contributed by atoms with van der Waals surface area (Å²) in [5, 5.41) is 0. The third kappa shape index (κ3) is 3.04. The number of aromatic amines is 1. The Bertz CT molecular complexity index is 895. The summed E-state index contributed by atoms with van der Waals surface area (Å²) in [5.41, 5.74) is 5.23. The number of nitrogens with one attached hydrogen (secondary N) is 1. The topological polar surface area (TPSA) is 49.0 Å². The smallest absolute Gasteiger partial charge is 0.253 e. The van der Waals surface area contributed by atoms with Gasteiger partial charge in [0.25, 0.3) is 5.91 Å². The maximum atomic E-state index is 12.9. The molecule has 0 bridgehead atoms. The first-order valence-electron chi connectivity index (χ1n) is 8.93. The lowest BCUT2D eigenvalue weighted by Crippen LogP contribution is -2.39. The molecule has 0 unspecified atom stereocenters. The van der Waals surface area contributed by atoms with E-state index in [9.17, 15) is 4.79 Å². The maximum Gasteiger partial charge on any atom is 0.253 e. The Morgan fingerprint density at radius 1 is 1.16 bits per heavy atom. The SMILES string of the molecule is Cc1ccc(C(=O)N2CCC[C@H](c3nc4ccccc4[nH]3)C2)cc1C. The summed E-state index contributed by atoms with van der Waals surface area (Å²) in [6.07, 6.45) is 2.08. The van der Waals surface area contributed by atoms with Crippen LogP contribution in [0.4, 0.5) is 0 Å². The van der Waals surface area contributed by atoms with Crippen LogP contribution in [0.2, 0.25) is 0 Å². The van der Waals surface area contributed by atoms with Crippen molar-refractivity contribution in [2.75, 3.05) is 13.1 Å². The van der Waals surface area contributed by atoms with Gasteiger partial charge in [-0.15, -0.1) is 0 Å². The molecule has 1 aliphatic rings. The second-order valence-electron chi connectivity index (χ2n) is 7.03. The molecule has 1 atom stereocenters. The monoisotopic (exact) mass is 333 g/mol. The maximum absolute atomic E-state index is 12.9. The molecule has 1 aromatic heterocycles. The highest BCUT2D eigenvalue weighted by molar-refractivity contribution is 5.94. The molecule has 1 fully saturated rings. The number of para-hydroxylation sites is 2. The van der Waals surface area contributed by atoms with Gasteiger partial charge in [-0.2, -0.15) is 0 Å². The van der Waals surface area contributed by atoms with Crippen LogP contribution in [-0.2, 0) is 0 Å². The zero-order valence-electron chi connectivity index (χ0n) is 14.7. The van der Waals surface area contributed by atoms with Crippen LogP contribution in [0.15, 0.2) is 42.5 Å². The van der Waals surface area contributed by atoms with E-state index in [-0.39, 0.29) is 11.8 Å². The van der Waals surface area contributed by atoms with E-state index in [0.717, 1.165) is 53.9 Å². The molecule has 1 N–H and O–H groups in total. The Morgan fingerprint density at radius 2 is 2.00 bits per heavy atom. The molecule has 25 heavy (non-hydrogen) atoms. The molecule has 0 radical (unpaired) electrons. The Morgan fingerprint density at radius 3 is 2.80 bits per heavy atom.